The highest BCUT2D eigenvalue weighted by atomic mass is 33.1. The monoisotopic (exact) mass is 321 g/mol. The van der Waals surface area contributed by atoms with Crippen molar-refractivity contribution in [1.82, 2.24) is 4.90 Å². The normalized spacial score (nSPS) is 16.6. The molecule has 0 radical (unpaired) electrons. The molecular formula is C16H35NOS2. The molecule has 1 aliphatic rings. The molecule has 20 heavy (non-hydrogen) atoms. The van der Waals surface area contributed by atoms with Crippen LogP contribution in [0.5, 0.6) is 0 Å². The van der Waals surface area contributed by atoms with Gasteiger partial charge in [0.1, 0.15) is 0 Å². The van der Waals surface area contributed by atoms with E-state index in [0.29, 0.717) is 5.41 Å². The SMILES string of the molecule is CC.CCCC(C)(C)CCSSCCN1CCOCC1. The smallest absolute Gasteiger partial charge is 0.0594 e. The van der Waals surface area contributed by atoms with Gasteiger partial charge in [-0.2, -0.15) is 0 Å². The van der Waals surface area contributed by atoms with Gasteiger partial charge in [0.05, 0.1) is 13.2 Å². The van der Waals surface area contributed by atoms with Crippen LogP contribution in [0.4, 0.5) is 0 Å². The van der Waals surface area contributed by atoms with Crippen LogP contribution in [0.25, 0.3) is 0 Å². The Labute approximate surface area is 135 Å². The zero-order valence-electron chi connectivity index (χ0n) is 14.2. The summed E-state index contributed by atoms with van der Waals surface area (Å²) in [6.45, 7) is 16.4. The second-order valence-corrected chi connectivity index (χ2v) is 8.46. The lowest BCUT2D eigenvalue weighted by molar-refractivity contribution is 0.0410. The van der Waals surface area contributed by atoms with E-state index in [9.17, 15) is 0 Å². The lowest BCUT2D eigenvalue weighted by Crippen LogP contribution is -2.37. The first kappa shape index (κ1) is 20.6. The second-order valence-electron chi connectivity index (χ2n) is 5.76. The highest BCUT2D eigenvalue weighted by Crippen LogP contribution is 2.31. The van der Waals surface area contributed by atoms with Crippen molar-refractivity contribution < 1.29 is 4.74 Å². The maximum absolute atomic E-state index is 5.35. The molecule has 0 aromatic carbocycles. The molecule has 1 heterocycles. The van der Waals surface area contributed by atoms with Gasteiger partial charge in [-0.15, -0.1) is 0 Å². The molecule has 1 fully saturated rings. The van der Waals surface area contributed by atoms with Crippen molar-refractivity contribution in [1.29, 1.82) is 0 Å². The molecule has 1 aliphatic heterocycles. The standard InChI is InChI=1S/C14H29NOS2.C2H6/c1-4-5-14(2,3)6-12-17-18-13-9-15-7-10-16-11-8-15;1-2/h4-13H2,1-3H3;1-2H3. The number of rotatable bonds is 9. The highest BCUT2D eigenvalue weighted by Gasteiger charge is 2.16. The lowest BCUT2D eigenvalue weighted by atomic mass is 9.85. The van der Waals surface area contributed by atoms with E-state index in [1.807, 2.05) is 24.6 Å². The minimum Gasteiger partial charge on any atom is -0.379 e. The fraction of sp³-hybridized carbons (Fsp3) is 1.00. The van der Waals surface area contributed by atoms with E-state index in [1.165, 1.54) is 37.3 Å². The average molecular weight is 322 g/mol. The third-order valence-electron chi connectivity index (χ3n) is 3.47. The van der Waals surface area contributed by atoms with Gasteiger partial charge < -0.3 is 4.74 Å². The Morgan fingerprint density at radius 1 is 1.00 bits per heavy atom. The van der Waals surface area contributed by atoms with Gasteiger partial charge in [-0.25, -0.2) is 0 Å². The fourth-order valence-electron chi connectivity index (χ4n) is 2.23. The van der Waals surface area contributed by atoms with Gasteiger partial charge in [-0.1, -0.05) is 62.6 Å². The quantitative estimate of drug-likeness (QED) is 0.440. The molecule has 0 amide bonds. The Kier molecular flexibility index (Phi) is 13.7. The van der Waals surface area contributed by atoms with E-state index in [1.54, 1.807) is 0 Å². The van der Waals surface area contributed by atoms with Crippen molar-refractivity contribution in [3.05, 3.63) is 0 Å². The number of hydrogen-bond donors (Lipinski definition) is 0. The Morgan fingerprint density at radius 2 is 1.60 bits per heavy atom. The molecule has 0 N–H and O–H groups in total. The molecule has 1 rings (SSSR count). The van der Waals surface area contributed by atoms with Crippen LogP contribution in [-0.4, -0.2) is 49.3 Å². The molecule has 0 aliphatic carbocycles. The van der Waals surface area contributed by atoms with Crippen LogP contribution in [0.2, 0.25) is 0 Å². The van der Waals surface area contributed by atoms with Gasteiger partial charge in [-0.3, -0.25) is 4.90 Å². The summed E-state index contributed by atoms with van der Waals surface area (Å²) in [6, 6.07) is 0. The number of morpholine rings is 1. The third kappa shape index (κ3) is 11.3. The van der Waals surface area contributed by atoms with Crippen LogP contribution in [0, 0.1) is 5.41 Å². The third-order valence-corrected chi connectivity index (χ3v) is 5.85. The zero-order valence-corrected chi connectivity index (χ0v) is 15.9. The van der Waals surface area contributed by atoms with Gasteiger partial charge in [-0.05, 0) is 18.3 Å². The second kappa shape index (κ2) is 13.3. The predicted molar refractivity (Wildman–Crippen MR) is 96.8 cm³/mol. The molecule has 0 spiro atoms. The molecule has 0 bridgehead atoms. The van der Waals surface area contributed by atoms with Gasteiger partial charge in [0, 0.05) is 31.1 Å². The highest BCUT2D eigenvalue weighted by molar-refractivity contribution is 8.76. The van der Waals surface area contributed by atoms with Crippen molar-refractivity contribution in [2.75, 3.05) is 44.4 Å². The Balaban J connectivity index is 0.00000172. The van der Waals surface area contributed by atoms with Crippen molar-refractivity contribution >= 4 is 21.6 Å². The molecule has 2 nitrogen and oxygen atoms in total. The number of ether oxygens (including phenoxy) is 1. The van der Waals surface area contributed by atoms with Crippen LogP contribution in [0.1, 0.15) is 53.9 Å². The summed E-state index contributed by atoms with van der Waals surface area (Å²) in [4.78, 5) is 2.51. The molecule has 1 saturated heterocycles. The van der Waals surface area contributed by atoms with Gasteiger partial charge in [0.15, 0.2) is 0 Å². The summed E-state index contributed by atoms with van der Waals surface area (Å²) in [6.07, 6.45) is 4.00. The van der Waals surface area contributed by atoms with Crippen LogP contribution >= 0.6 is 21.6 Å². The van der Waals surface area contributed by atoms with Crippen LogP contribution in [0.15, 0.2) is 0 Å². The Hall–Kier alpha value is 0.620. The molecule has 0 unspecified atom stereocenters. The molecule has 0 aromatic rings. The van der Waals surface area contributed by atoms with E-state index in [-0.39, 0.29) is 0 Å². The number of hydrogen-bond acceptors (Lipinski definition) is 4. The largest absolute Gasteiger partial charge is 0.379 e. The van der Waals surface area contributed by atoms with Crippen molar-refractivity contribution in [2.45, 2.75) is 53.9 Å². The molecular weight excluding hydrogens is 286 g/mol. The molecule has 0 atom stereocenters. The molecule has 122 valence electrons. The average Bonchev–Trinajstić information content (AvgIpc) is 2.46. The Morgan fingerprint density at radius 3 is 2.20 bits per heavy atom. The first-order valence-electron chi connectivity index (χ1n) is 8.18. The summed E-state index contributed by atoms with van der Waals surface area (Å²) in [7, 11) is 4.09. The summed E-state index contributed by atoms with van der Waals surface area (Å²) < 4.78 is 5.35. The van der Waals surface area contributed by atoms with Gasteiger partial charge >= 0.3 is 0 Å². The lowest BCUT2D eigenvalue weighted by Gasteiger charge is -2.26. The molecule has 0 aromatic heterocycles. The number of nitrogens with zero attached hydrogens (tertiary/aromatic N) is 1. The minimum atomic E-state index is 0.534. The van der Waals surface area contributed by atoms with E-state index in [2.05, 4.69) is 36.5 Å². The van der Waals surface area contributed by atoms with Gasteiger partial charge in [0.25, 0.3) is 0 Å². The topological polar surface area (TPSA) is 12.5 Å². The van der Waals surface area contributed by atoms with Crippen molar-refractivity contribution in [2.24, 2.45) is 5.41 Å². The van der Waals surface area contributed by atoms with E-state index >= 15 is 0 Å². The summed E-state index contributed by atoms with van der Waals surface area (Å²) in [5, 5.41) is 0. The summed E-state index contributed by atoms with van der Waals surface area (Å²) in [5.41, 5.74) is 0.534. The maximum Gasteiger partial charge on any atom is 0.0594 e. The van der Waals surface area contributed by atoms with Crippen molar-refractivity contribution in [3.8, 4) is 0 Å². The van der Waals surface area contributed by atoms with E-state index < -0.39 is 0 Å². The maximum atomic E-state index is 5.35. The van der Waals surface area contributed by atoms with Crippen LogP contribution in [0.3, 0.4) is 0 Å². The van der Waals surface area contributed by atoms with E-state index in [0.717, 1.165) is 26.3 Å². The zero-order chi connectivity index (χ0) is 15.3. The van der Waals surface area contributed by atoms with Crippen molar-refractivity contribution in [3.63, 3.8) is 0 Å². The fourth-order valence-corrected chi connectivity index (χ4v) is 4.61. The Bertz CT molecular complexity index is 207. The molecule has 4 heteroatoms. The van der Waals surface area contributed by atoms with Gasteiger partial charge in [0.2, 0.25) is 0 Å². The summed E-state index contributed by atoms with van der Waals surface area (Å²) >= 11 is 0. The van der Waals surface area contributed by atoms with E-state index in [4.69, 9.17) is 4.74 Å². The first-order chi connectivity index (χ1) is 9.64. The van der Waals surface area contributed by atoms with Crippen LogP contribution in [-0.2, 0) is 4.74 Å². The minimum absolute atomic E-state index is 0.534. The first-order valence-corrected chi connectivity index (χ1v) is 10.7. The van der Waals surface area contributed by atoms with Crippen LogP contribution < -0.4 is 0 Å². The summed E-state index contributed by atoms with van der Waals surface area (Å²) in [5.74, 6) is 2.54. The predicted octanol–water partition coefficient (Wildman–Crippen LogP) is 4.94. The molecule has 0 saturated carbocycles.